The molecule has 8 nitrogen and oxygen atoms in total. The number of sulfonamides is 1. The number of amides is 3. The van der Waals surface area contributed by atoms with Crippen LogP contribution in [0.15, 0.2) is 83.8 Å². The number of hydrogen-bond donors (Lipinski definition) is 4. The zero-order chi connectivity index (χ0) is 23.0. The highest BCUT2D eigenvalue weighted by Crippen LogP contribution is 2.16. The Labute approximate surface area is 191 Å². The fourth-order valence-electron chi connectivity index (χ4n) is 2.69. The summed E-state index contributed by atoms with van der Waals surface area (Å²) < 4.78 is 26.8. The molecule has 3 rings (SSSR count). The molecule has 10 heteroatoms. The van der Waals surface area contributed by atoms with Crippen LogP contribution in [0.4, 0.5) is 21.9 Å². The minimum atomic E-state index is -3.75. The molecule has 4 N–H and O–H groups in total. The fourth-order valence-corrected chi connectivity index (χ4v) is 4.02. The van der Waals surface area contributed by atoms with Gasteiger partial charge >= 0.3 is 6.03 Å². The Kier molecular flexibility index (Phi) is 7.82. The number of benzene rings is 3. The third-order valence-corrected chi connectivity index (χ3v) is 5.90. The van der Waals surface area contributed by atoms with Gasteiger partial charge < -0.3 is 16.0 Å². The van der Waals surface area contributed by atoms with Gasteiger partial charge in [0.2, 0.25) is 15.9 Å². The minimum absolute atomic E-state index is 0.0322. The van der Waals surface area contributed by atoms with Crippen LogP contribution in [0.3, 0.4) is 0 Å². The van der Waals surface area contributed by atoms with Crippen LogP contribution in [0, 0.1) is 0 Å². The first kappa shape index (κ1) is 23.3. The summed E-state index contributed by atoms with van der Waals surface area (Å²) in [6.45, 7) is -0.0695. The van der Waals surface area contributed by atoms with Gasteiger partial charge in [-0.05, 0) is 54.6 Å². The molecule has 0 fully saturated rings. The number of nitrogens with one attached hydrogen (secondary N) is 4. The number of halogens is 1. The van der Waals surface area contributed by atoms with Crippen LogP contribution in [0.1, 0.15) is 6.42 Å². The van der Waals surface area contributed by atoms with Gasteiger partial charge in [-0.2, -0.15) is 0 Å². The van der Waals surface area contributed by atoms with Crippen molar-refractivity contribution in [3.05, 3.63) is 83.9 Å². The van der Waals surface area contributed by atoms with E-state index in [1.54, 1.807) is 42.5 Å². The highest BCUT2D eigenvalue weighted by molar-refractivity contribution is 7.89. The van der Waals surface area contributed by atoms with Crippen molar-refractivity contribution in [1.82, 2.24) is 4.72 Å². The second-order valence-electron chi connectivity index (χ2n) is 6.68. The molecule has 0 spiro atoms. The molecular formula is C22H21ClN4O4S. The molecule has 0 unspecified atom stereocenters. The Morgan fingerprint density at radius 1 is 0.750 bits per heavy atom. The number of anilines is 3. The molecule has 3 aromatic carbocycles. The average Bonchev–Trinajstić information content (AvgIpc) is 2.75. The van der Waals surface area contributed by atoms with Crippen molar-refractivity contribution >= 4 is 50.6 Å². The van der Waals surface area contributed by atoms with Crippen LogP contribution in [0.5, 0.6) is 0 Å². The highest BCUT2D eigenvalue weighted by Gasteiger charge is 2.14. The molecule has 3 amide bonds. The van der Waals surface area contributed by atoms with E-state index in [-0.39, 0.29) is 29.8 Å². The van der Waals surface area contributed by atoms with Crippen LogP contribution in [0.25, 0.3) is 0 Å². The summed E-state index contributed by atoms with van der Waals surface area (Å²) in [5.74, 6) is -0.360. The van der Waals surface area contributed by atoms with Crippen LogP contribution >= 0.6 is 11.6 Å². The van der Waals surface area contributed by atoms with Crippen molar-refractivity contribution in [3.63, 3.8) is 0 Å². The van der Waals surface area contributed by atoms with E-state index in [0.717, 1.165) is 0 Å². The minimum Gasteiger partial charge on any atom is -0.326 e. The third-order valence-electron chi connectivity index (χ3n) is 4.21. The summed E-state index contributed by atoms with van der Waals surface area (Å²) in [5, 5.41) is 8.38. The summed E-state index contributed by atoms with van der Waals surface area (Å²) in [4.78, 5) is 24.1. The Bertz CT molecular complexity index is 1190. The molecule has 0 bridgehead atoms. The van der Waals surface area contributed by atoms with Crippen molar-refractivity contribution < 1.29 is 18.0 Å². The Morgan fingerprint density at radius 3 is 1.97 bits per heavy atom. The van der Waals surface area contributed by atoms with Crippen molar-refractivity contribution in [3.8, 4) is 0 Å². The molecule has 0 radical (unpaired) electrons. The summed E-state index contributed by atoms with van der Waals surface area (Å²) in [7, 11) is -3.75. The maximum atomic E-state index is 12.2. The number of para-hydroxylation sites is 1. The van der Waals surface area contributed by atoms with Gasteiger partial charge in [0.1, 0.15) is 0 Å². The molecule has 0 saturated heterocycles. The molecule has 0 saturated carbocycles. The number of carbonyl (C=O) groups excluding carboxylic acids is 2. The largest absolute Gasteiger partial charge is 0.326 e. The molecule has 166 valence electrons. The van der Waals surface area contributed by atoms with E-state index >= 15 is 0 Å². The lowest BCUT2D eigenvalue weighted by Crippen LogP contribution is -2.27. The molecule has 0 atom stereocenters. The van der Waals surface area contributed by atoms with Gasteiger partial charge in [-0.3, -0.25) is 4.79 Å². The van der Waals surface area contributed by atoms with Gasteiger partial charge in [0.05, 0.1) is 4.90 Å². The van der Waals surface area contributed by atoms with Gasteiger partial charge in [0, 0.05) is 35.1 Å². The van der Waals surface area contributed by atoms with Gasteiger partial charge in [0.25, 0.3) is 0 Å². The lowest BCUT2D eigenvalue weighted by molar-refractivity contribution is -0.116. The van der Waals surface area contributed by atoms with Gasteiger partial charge in [-0.1, -0.05) is 35.9 Å². The third kappa shape index (κ3) is 7.09. The normalized spacial score (nSPS) is 10.9. The number of hydrogen-bond acceptors (Lipinski definition) is 4. The van der Waals surface area contributed by atoms with Gasteiger partial charge in [-0.25, -0.2) is 17.9 Å². The predicted octanol–water partition coefficient (Wildman–Crippen LogP) is 4.29. The standard InChI is InChI=1S/C22H21ClN4O4S/c23-16-5-4-8-20(15-16)32(30,31)24-14-13-21(28)25-18-9-11-19(12-10-18)27-22(29)26-17-6-2-1-3-7-17/h1-12,15,24H,13-14H2,(H,25,28)(H2,26,27,29). The van der Waals surface area contributed by atoms with Crippen molar-refractivity contribution in [2.24, 2.45) is 0 Å². The molecule has 0 heterocycles. The number of rotatable bonds is 8. The molecule has 32 heavy (non-hydrogen) atoms. The van der Waals surface area contributed by atoms with E-state index in [9.17, 15) is 18.0 Å². The molecule has 0 aromatic heterocycles. The van der Waals surface area contributed by atoms with Gasteiger partial charge in [-0.15, -0.1) is 0 Å². The van der Waals surface area contributed by atoms with E-state index in [2.05, 4.69) is 20.7 Å². The average molecular weight is 473 g/mol. The Hall–Kier alpha value is -3.40. The lowest BCUT2D eigenvalue weighted by Gasteiger charge is -2.10. The lowest BCUT2D eigenvalue weighted by atomic mass is 10.2. The monoisotopic (exact) mass is 472 g/mol. The first-order valence-corrected chi connectivity index (χ1v) is 11.5. The Morgan fingerprint density at radius 2 is 1.34 bits per heavy atom. The highest BCUT2D eigenvalue weighted by atomic mass is 35.5. The summed E-state index contributed by atoms with van der Waals surface area (Å²) in [5.41, 5.74) is 1.73. The van der Waals surface area contributed by atoms with E-state index in [1.807, 2.05) is 18.2 Å². The molecular weight excluding hydrogens is 452 g/mol. The van der Waals surface area contributed by atoms with Crippen molar-refractivity contribution in [2.75, 3.05) is 22.5 Å². The number of urea groups is 1. The molecule has 0 aliphatic rings. The van der Waals surface area contributed by atoms with Crippen LogP contribution < -0.4 is 20.7 Å². The molecule has 3 aromatic rings. The van der Waals surface area contributed by atoms with Crippen LogP contribution in [-0.2, 0) is 14.8 Å². The van der Waals surface area contributed by atoms with E-state index < -0.39 is 10.0 Å². The first-order chi connectivity index (χ1) is 15.3. The Balaban J connectivity index is 1.44. The van der Waals surface area contributed by atoms with Crippen molar-refractivity contribution in [1.29, 1.82) is 0 Å². The quantitative estimate of drug-likeness (QED) is 0.391. The maximum absolute atomic E-state index is 12.2. The topological polar surface area (TPSA) is 116 Å². The number of carbonyl (C=O) groups is 2. The zero-order valence-electron chi connectivity index (χ0n) is 16.8. The first-order valence-electron chi connectivity index (χ1n) is 9.60. The fraction of sp³-hybridized carbons (Fsp3) is 0.0909. The van der Waals surface area contributed by atoms with Crippen LogP contribution in [0.2, 0.25) is 5.02 Å². The van der Waals surface area contributed by atoms with E-state index in [1.165, 1.54) is 18.2 Å². The molecule has 0 aliphatic carbocycles. The second kappa shape index (κ2) is 10.8. The smallest absolute Gasteiger partial charge is 0.323 e. The SMILES string of the molecule is O=C(CCNS(=O)(=O)c1cccc(Cl)c1)Nc1ccc(NC(=O)Nc2ccccc2)cc1. The zero-order valence-corrected chi connectivity index (χ0v) is 18.4. The summed E-state index contributed by atoms with van der Waals surface area (Å²) in [6, 6.07) is 21.0. The summed E-state index contributed by atoms with van der Waals surface area (Å²) in [6.07, 6.45) is -0.0563. The maximum Gasteiger partial charge on any atom is 0.323 e. The van der Waals surface area contributed by atoms with E-state index in [4.69, 9.17) is 11.6 Å². The van der Waals surface area contributed by atoms with Crippen LogP contribution in [-0.4, -0.2) is 26.9 Å². The summed E-state index contributed by atoms with van der Waals surface area (Å²) >= 11 is 5.82. The van der Waals surface area contributed by atoms with Crippen molar-refractivity contribution in [2.45, 2.75) is 11.3 Å². The molecule has 0 aliphatic heterocycles. The predicted molar refractivity (Wildman–Crippen MR) is 125 cm³/mol. The van der Waals surface area contributed by atoms with E-state index in [0.29, 0.717) is 22.1 Å². The second-order valence-corrected chi connectivity index (χ2v) is 8.88. The van der Waals surface area contributed by atoms with Gasteiger partial charge in [0.15, 0.2) is 0 Å².